The summed E-state index contributed by atoms with van der Waals surface area (Å²) in [5, 5.41) is 21.4. The standard InChI is InChI=1S/C30H27FNO6PS/c31-22-11-6-20(7-12-22)26(33)16-17-28-29(32(30(35)40-28)23-4-2-1-3-5-23)25-15-10-21(18-27(25)34)19-8-13-24(14-9-19)39(36,37)38/h1-15,18,26,28-29,33-34H,16-17H2,(H2,36,37,38)/t26?,28-,29-/m1/s1. The van der Waals surface area contributed by atoms with Crippen molar-refractivity contribution in [3.63, 3.8) is 0 Å². The zero-order valence-corrected chi connectivity index (χ0v) is 22.9. The molecule has 0 radical (unpaired) electrons. The van der Waals surface area contributed by atoms with Crippen molar-refractivity contribution in [2.45, 2.75) is 30.2 Å². The summed E-state index contributed by atoms with van der Waals surface area (Å²) in [4.78, 5) is 33.7. The van der Waals surface area contributed by atoms with Gasteiger partial charge in [0.25, 0.3) is 5.24 Å². The molecule has 1 saturated heterocycles. The Bertz CT molecular complexity index is 1550. The first-order valence-electron chi connectivity index (χ1n) is 12.6. The molecule has 0 aromatic heterocycles. The summed E-state index contributed by atoms with van der Waals surface area (Å²) in [5.41, 5.74) is 3.12. The van der Waals surface area contributed by atoms with Crippen molar-refractivity contribution in [2.24, 2.45) is 0 Å². The molecule has 4 aromatic carbocycles. The summed E-state index contributed by atoms with van der Waals surface area (Å²) >= 11 is 1.16. The number of aliphatic hydroxyl groups excluding tert-OH is 1. The molecule has 206 valence electrons. The molecule has 1 aliphatic heterocycles. The number of thioether (sulfide) groups is 1. The van der Waals surface area contributed by atoms with Crippen LogP contribution in [-0.2, 0) is 4.57 Å². The molecule has 1 amide bonds. The lowest BCUT2D eigenvalue weighted by Crippen LogP contribution is -2.29. The fourth-order valence-corrected chi connectivity index (χ4v) is 6.72. The molecule has 40 heavy (non-hydrogen) atoms. The summed E-state index contributed by atoms with van der Waals surface area (Å²) in [5.74, 6) is -0.412. The monoisotopic (exact) mass is 579 g/mol. The fraction of sp³-hybridized carbons (Fsp3) is 0.167. The van der Waals surface area contributed by atoms with E-state index in [1.165, 1.54) is 36.4 Å². The van der Waals surface area contributed by atoms with Gasteiger partial charge < -0.3 is 20.0 Å². The van der Waals surface area contributed by atoms with E-state index < -0.39 is 19.7 Å². The molecule has 7 nitrogen and oxygen atoms in total. The van der Waals surface area contributed by atoms with Gasteiger partial charge in [0.15, 0.2) is 0 Å². The molecular weight excluding hydrogens is 552 g/mol. The van der Waals surface area contributed by atoms with Crippen LogP contribution in [-0.4, -0.2) is 30.5 Å². The van der Waals surface area contributed by atoms with Gasteiger partial charge in [0.1, 0.15) is 11.6 Å². The van der Waals surface area contributed by atoms with Crippen molar-refractivity contribution < 1.29 is 33.7 Å². The van der Waals surface area contributed by atoms with Gasteiger partial charge in [0.2, 0.25) is 0 Å². The topological polar surface area (TPSA) is 118 Å². The minimum Gasteiger partial charge on any atom is -0.508 e. The van der Waals surface area contributed by atoms with Crippen LogP contribution in [0.2, 0.25) is 0 Å². The highest BCUT2D eigenvalue weighted by atomic mass is 32.2. The van der Waals surface area contributed by atoms with E-state index in [9.17, 15) is 33.7 Å². The van der Waals surface area contributed by atoms with Gasteiger partial charge in [-0.05, 0) is 72.0 Å². The number of phenolic OH excluding ortho intramolecular Hbond substituents is 1. The van der Waals surface area contributed by atoms with E-state index in [0.717, 1.165) is 11.8 Å². The normalized spacial score (nSPS) is 18.2. The van der Waals surface area contributed by atoms with E-state index in [1.807, 2.05) is 30.3 Å². The Labute approximate surface area is 235 Å². The first-order chi connectivity index (χ1) is 19.1. The largest absolute Gasteiger partial charge is 0.508 e. The maximum atomic E-state index is 13.3. The molecule has 4 N–H and O–H groups in total. The lowest BCUT2D eigenvalue weighted by Gasteiger charge is -2.29. The van der Waals surface area contributed by atoms with Gasteiger partial charge in [-0.25, -0.2) is 4.39 Å². The van der Waals surface area contributed by atoms with E-state index in [4.69, 9.17) is 0 Å². The molecule has 0 bridgehead atoms. The molecule has 3 atom stereocenters. The van der Waals surface area contributed by atoms with Crippen LogP contribution in [0.4, 0.5) is 14.9 Å². The number of carbonyl (C=O) groups is 1. The second kappa shape index (κ2) is 11.6. The number of nitrogens with zero attached hydrogens (tertiary/aromatic N) is 1. The number of halogens is 1. The molecule has 1 unspecified atom stereocenters. The Morgan fingerprint density at radius 1 is 0.900 bits per heavy atom. The third-order valence-electron chi connectivity index (χ3n) is 6.98. The first-order valence-corrected chi connectivity index (χ1v) is 15.1. The predicted molar refractivity (Wildman–Crippen MR) is 154 cm³/mol. The number of rotatable bonds is 8. The van der Waals surface area contributed by atoms with Crippen molar-refractivity contribution in [2.75, 3.05) is 4.90 Å². The molecule has 5 rings (SSSR count). The maximum Gasteiger partial charge on any atom is 0.356 e. The van der Waals surface area contributed by atoms with E-state index in [2.05, 4.69) is 0 Å². The van der Waals surface area contributed by atoms with Crippen LogP contribution in [0.15, 0.2) is 97.1 Å². The number of anilines is 1. The Balaban J connectivity index is 1.45. The molecule has 1 heterocycles. The second-order valence-electron chi connectivity index (χ2n) is 9.58. The van der Waals surface area contributed by atoms with Crippen LogP contribution in [0.1, 0.15) is 36.1 Å². The SMILES string of the molecule is O=C1S[C@H](CCC(O)c2ccc(F)cc2)[C@@H](c2ccc(-c3ccc(P(=O)(O)O)cc3)cc2O)N1c1ccccc1. The number of carbonyl (C=O) groups excluding carboxylic acids is 1. The van der Waals surface area contributed by atoms with Crippen LogP contribution < -0.4 is 10.2 Å². The van der Waals surface area contributed by atoms with Gasteiger partial charge in [-0.15, -0.1) is 0 Å². The predicted octanol–water partition coefficient (Wildman–Crippen LogP) is 6.30. The van der Waals surface area contributed by atoms with Crippen LogP contribution in [0, 0.1) is 5.82 Å². The fourth-order valence-electron chi connectivity index (χ4n) is 4.94. The average molecular weight is 580 g/mol. The molecule has 4 aromatic rings. The number of aliphatic hydroxyl groups is 1. The Kier molecular flexibility index (Phi) is 8.12. The summed E-state index contributed by atoms with van der Waals surface area (Å²) in [6, 6.07) is 25.3. The minimum atomic E-state index is -4.37. The number of aromatic hydroxyl groups is 1. The van der Waals surface area contributed by atoms with Crippen molar-refractivity contribution in [1.82, 2.24) is 0 Å². The van der Waals surface area contributed by atoms with Crippen LogP contribution in [0.3, 0.4) is 0 Å². The highest BCUT2D eigenvalue weighted by molar-refractivity contribution is 8.14. The summed E-state index contributed by atoms with van der Waals surface area (Å²) < 4.78 is 24.8. The van der Waals surface area contributed by atoms with Crippen molar-refractivity contribution in [3.05, 3.63) is 114 Å². The number of hydrogen-bond donors (Lipinski definition) is 4. The molecule has 0 saturated carbocycles. The van der Waals surface area contributed by atoms with Gasteiger partial charge in [-0.3, -0.25) is 14.3 Å². The van der Waals surface area contributed by atoms with E-state index >= 15 is 0 Å². The maximum absolute atomic E-state index is 13.3. The molecule has 0 spiro atoms. The smallest absolute Gasteiger partial charge is 0.356 e. The van der Waals surface area contributed by atoms with Crippen molar-refractivity contribution in [1.29, 1.82) is 0 Å². The summed E-state index contributed by atoms with van der Waals surface area (Å²) in [6.45, 7) is 0. The zero-order valence-electron chi connectivity index (χ0n) is 21.2. The quantitative estimate of drug-likeness (QED) is 0.181. The number of benzene rings is 4. The molecule has 0 aliphatic carbocycles. The summed E-state index contributed by atoms with van der Waals surface area (Å²) in [6.07, 6.45) is -0.0520. The van der Waals surface area contributed by atoms with Crippen LogP contribution in [0.5, 0.6) is 5.75 Å². The van der Waals surface area contributed by atoms with Crippen LogP contribution in [0.25, 0.3) is 11.1 Å². The molecular formula is C30H27FNO6PS. The lowest BCUT2D eigenvalue weighted by atomic mass is 9.93. The number of hydrogen-bond acceptors (Lipinski definition) is 5. The third-order valence-corrected chi connectivity index (χ3v) is 9.14. The average Bonchev–Trinajstić information content (AvgIpc) is 3.27. The Morgan fingerprint density at radius 2 is 1.55 bits per heavy atom. The van der Waals surface area contributed by atoms with Gasteiger partial charge in [-0.1, -0.05) is 66.4 Å². The number of amides is 1. The molecule has 10 heteroatoms. The number of para-hydroxylation sites is 1. The number of phenols is 1. The lowest BCUT2D eigenvalue weighted by molar-refractivity contribution is 0.163. The van der Waals surface area contributed by atoms with Gasteiger partial charge >= 0.3 is 7.60 Å². The molecule has 1 aliphatic rings. The highest BCUT2D eigenvalue weighted by Crippen LogP contribution is 2.49. The van der Waals surface area contributed by atoms with Crippen molar-refractivity contribution >= 4 is 35.6 Å². The minimum absolute atomic E-state index is 0.0260. The van der Waals surface area contributed by atoms with Crippen LogP contribution >= 0.6 is 19.4 Å². The third kappa shape index (κ3) is 5.99. The van der Waals surface area contributed by atoms with Gasteiger partial charge in [0.05, 0.1) is 17.5 Å². The van der Waals surface area contributed by atoms with Crippen molar-refractivity contribution in [3.8, 4) is 16.9 Å². The second-order valence-corrected chi connectivity index (χ2v) is 12.4. The Morgan fingerprint density at radius 3 is 2.17 bits per heavy atom. The van der Waals surface area contributed by atoms with E-state index in [0.29, 0.717) is 40.8 Å². The first kappa shape index (κ1) is 28.1. The van der Waals surface area contributed by atoms with Gasteiger partial charge in [-0.2, -0.15) is 0 Å². The summed E-state index contributed by atoms with van der Waals surface area (Å²) in [7, 11) is -4.37. The van der Waals surface area contributed by atoms with E-state index in [-0.39, 0.29) is 27.4 Å². The molecule has 1 fully saturated rings. The zero-order chi connectivity index (χ0) is 28.4. The van der Waals surface area contributed by atoms with E-state index in [1.54, 1.807) is 35.2 Å². The highest BCUT2D eigenvalue weighted by Gasteiger charge is 2.43. The Hall–Kier alpha value is -3.46. The van der Waals surface area contributed by atoms with Gasteiger partial charge in [0, 0.05) is 16.5 Å².